The zero-order chi connectivity index (χ0) is 15.7. The fourth-order valence-corrected chi connectivity index (χ4v) is 2.83. The highest BCUT2D eigenvalue weighted by Crippen LogP contribution is 2.20. The minimum atomic E-state index is -0.181. The molecule has 1 aliphatic rings. The van der Waals surface area contributed by atoms with Crippen LogP contribution in [0.1, 0.15) is 47.4 Å². The number of nitrogen functional groups attached to an aromatic ring is 1. The molecule has 2 heterocycles. The van der Waals surface area contributed by atoms with Gasteiger partial charge < -0.3 is 11.1 Å². The molecule has 1 saturated carbocycles. The van der Waals surface area contributed by atoms with Gasteiger partial charge in [-0.15, -0.1) is 0 Å². The van der Waals surface area contributed by atoms with Crippen molar-refractivity contribution in [2.45, 2.75) is 45.6 Å². The lowest BCUT2D eigenvalue weighted by Gasteiger charge is -2.11. The Kier molecular flexibility index (Phi) is 3.79. The van der Waals surface area contributed by atoms with Crippen LogP contribution in [0.3, 0.4) is 0 Å². The number of anilines is 1. The third-order valence-corrected chi connectivity index (χ3v) is 3.90. The average molecular weight is 300 g/mol. The predicted molar refractivity (Wildman–Crippen MR) is 82.8 cm³/mol. The van der Waals surface area contributed by atoms with Gasteiger partial charge in [-0.05, 0) is 32.8 Å². The van der Waals surface area contributed by atoms with Crippen molar-refractivity contribution in [3.63, 3.8) is 0 Å². The van der Waals surface area contributed by atoms with Crippen molar-refractivity contribution in [2.75, 3.05) is 5.73 Å². The molecule has 0 bridgehead atoms. The van der Waals surface area contributed by atoms with E-state index in [1.165, 1.54) is 10.9 Å². The highest BCUT2D eigenvalue weighted by atomic mass is 16.1. The van der Waals surface area contributed by atoms with Crippen LogP contribution < -0.4 is 11.1 Å². The Morgan fingerprint density at radius 1 is 1.27 bits per heavy atom. The quantitative estimate of drug-likeness (QED) is 0.895. The van der Waals surface area contributed by atoms with E-state index in [4.69, 9.17) is 5.73 Å². The summed E-state index contributed by atoms with van der Waals surface area (Å²) in [6.07, 6.45) is 5.85. The van der Waals surface area contributed by atoms with Crippen molar-refractivity contribution in [3.05, 3.63) is 29.2 Å². The molecule has 0 unspecified atom stereocenters. The first-order valence-corrected chi connectivity index (χ1v) is 7.51. The first-order valence-electron chi connectivity index (χ1n) is 7.51. The van der Waals surface area contributed by atoms with E-state index in [2.05, 4.69) is 20.4 Å². The molecule has 7 nitrogen and oxygen atoms in total. The number of nitrogens with two attached hydrogens (primary N) is 1. The van der Waals surface area contributed by atoms with Gasteiger partial charge in [0.2, 0.25) is 0 Å². The van der Waals surface area contributed by atoms with E-state index >= 15 is 0 Å². The average Bonchev–Trinajstić information content (AvgIpc) is 3.07. The van der Waals surface area contributed by atoms with Crippen molar-refractivity contribution in [2.24, 2.45) is 0 Å². The van der Waals surface area contributed by atoms with Crippen LogP contribution in [-0.4, -0.2) is 31.7 Å². The van der Waals surface area contributed by atoms with Crippen LogP contribution >= 0.6 is 0 Å². The number of aryl methyl sites for hydroxylation is 2. The zero-order valence-electron chi connectivity index (χ0n) is 12.8. The summed E-state index contributed by atoms with van der Waals surface area (Å²) in [7, 11) is 0. The summed E-state index contributed by atoms with van der Waals surface area (Å²) in [6.45, 7) is 3.76. The molecular formula is C15H20N6O. The first-order chi connectivity index (χ1) is 10.5. The van der Waals surface area contributed by atoms with Crippen molar-refractivity contribution < 1.29 is 4.79 Å². The lowest BCUT2D eigenvalue weighted by molar-refractivity contribution is 0.0939. The predicted octanol–water partition coefficient (Wildman–Crippen LogP) is 1.53. The van der Waals surface area contributed by atoms with Gasteiger partial charge in [0.1, 0.15) is 11.4 Å². The van der Waals surface area contributed by atoms with Gasteiger partial charge in [-0.1, -0.05) is 12.8 Å². The Morgan fingerprint density at radius 2 is 1.91 bits per heavy atom. The van der Waals surface area contributed by atoms with E-state index in [0.717, 1.165) is 37.1 Å². The lowest BCUT2D eigenvalue weighted by atomic mass is 10.2. The zero-order valence-corrected chi connectivity index (χ0v) is 12.8. The maximum Gasteiger partial charge on any atom is 0.256 e. The smallest absolute Gasteiger partial charge is 0.256 e. The first kappa shape index (κ1) is 14.5. The number of rotatable bonds is 3. The summed E-state index contributed by atoms with van der Waals surface area (Å²) in [5.41, 5.74) is 8.10. The number of nitrogens with zero attached hydrogens (tertiary/aromatic N) is 4. The molecular weight excluding hydrogens is 280 g/mol. The Morgan fingerprint density at radius 3 is 2.55 bits per heavy atom. The second-order valence-electron chi connectivity index (χ2n) is 5.76. The number of carbonyl (C=O) groups is 1. The van der Waals surface area contributed by atoms with Gasteiger partial charge in [0.05, 0.1) is 6.20 Å². The highest BCUT2D eigenvalue weighted by molar-refractivity contribution is 5.98. The molecule has 22 heavy (non-hydrogen) atoms. The number of hydrogen-bond acceptors (Lipinski definition) is 5. The van der Waals surface area contributed by atoms with Crippen LogP contribution in [0.25, 0.3) is 5.95 Å². The molecule has 0 saturated heterocycles. The van der Waals surface area contributed by atoms with E-state index < -0.39 is 0 Å². The monoisotopic (exact) mass is 300 g/mol. The van der Waals surface area contributed by atoms with Crippen LogP contribution in [0.5, 0.6) is 0 Å². The number of amides is 1. The number of nitrogens with one attached hydrogen (secondary N) is 1. The Bertz CT molecular complexity index is 682. The second-order valence-corrected chi connectivity index (χ2v) is 5.76. The Balaban J connectivity index is 1.86. The van der Waals surface area contributed by atoms with Gasteiger partial charge in [-0.25, -0.2) is 9.97 Å². The van der Waals surface area contributed by atoms with Crippen LogP contribution in [0.15, 0.2) is 12.3 Å². The fraction of sp³-hybridized carbons (Fsp3) is 0.467. The topological polar surface area (TPSA) is 98.7 Å². The van der Waals surface area contributed by atoms with Crippen LogP contribution in [0, 0.1) is 13.8 Å². The summed E-state index contributed by atoms with van der Waals surface area (Å²) in [5.74, 6) is 0.468. The standard InChI is InChI=1S/C15H20N6O/c1-9-7-10(2)19-15(18-9)21-13(16)12(8-17-21)14(22)20-11-5-3-4-6-11/h7-8,11H,3-6,16H2,1-2H3,(H,20,22). The third-order valence-electron chi connectivity index (χ3n) is 3.90. The molecule has 2 aromatic heterocycles. The number of hydrogen-bond donors (Lipinski definition) is 2. The molecule has 0 spiro atoms. The van der Waals surface area contributed by atoms with Gasteiger partial charge in [0, 0.05) is 17.4 Å². The molecule has 0 aromatic carbocycles. The molecule has 3 N–H and O–H groups in total. The van der Waals surface area contributed by atoms with Gasteiger partial charge >= 0.3 is 0 Å². The van der Waals surface area contributed by atoms with Crippen molar-refractivity contribution in [3.8, 4) is 5.95 Å². The molecule has 3 rings (SSSR count). The van der Waals surface area contributed by atoms with Gasteiger partial charge in [0.15, 0.2) is 0 Å². The van der Waals surface area contributed by atoms with Crippen molar-refractivity contribution in [1.29, 1.82) is 0 Å². The summed E-state index contributed by atoms with van der Waals surface area (Å²) in [5, 5.41) is 7.18. The second kappa shape index (κ2) is 5.75. The van der Waals surface area contributed by atoms with Crippen molar-refractivity contribution in [1.82, 2.24) is 25.1 Å². The molecule has 7 heteroatoms. The SMILES string of the molecule is Cc1cc(C)nc(-n2ncc(C(=O)NC3CCCC3)c2N)n1. The van der Waals surface area contributed by atoms with Crippen LogP contribution in [0.4, 0.5) is 5.82 Å². The summed E-state index contributed by atoms with van der Waals surface area (Å²) in [4.78, 5) is 21.0. The third kappa shape index (κ3) is 2.79. The molecule has 0 radical (unpaired) electrons. The number of carbonyl (C=O) groups excluding carboxylic acids is 1. The molecule has 0 atom stereocenters. The molecule has 1 fully saturated rings. The maximum absolute atomic E-state index is 12.3. The highest BCUT2D eigenvalue weighted by Gasteiger charge is 2.22. The summed E-state index contributed by atoms with van der Waals surface area (Å²) >= 11 is 0. The van der Waals surface area contributed by atoms with E-state index in [1.807, 2.05) is 19.9 Å². The van der Waals surface area contributed by atoms with E-state index in [0.29, 0.717) is 11.5 Å². The van der Waals surface area contributed by atoms with E-state index in [1.54, 1.807) is 0 Å². The minimum Gasteiger partial charge on any atom is -0.383 e. The minimum absolute atomic E-state index is 0.181. The van der Waals surface area contributed by atoms with Gasteiger partial charge in [-0.3, -0.25) is 4.79 Å². The molecule has 2 aromatic rings. The van der Waals surface area contributed by atoms with Crippen LogP contribution in [0.2, 0.25) is 0 Å². The Labute approximate surface area is 129 Å². The molecule has 1 aliphatic carbocycles. The fourth-order valence-electron chi connectivity index (χ4n) is 2.83. The van der Waals surface area contributed by atoms with Crippen LogP contribution in [-0.2, 0) is 0 Å². The summed E-state index contributed by atoms with van der Waals surface area (Å²) in [6, 6.07) is 2.12. The lowest BCUT2D eigenvalue weighted by Crippen LogP contribution is -2.32. The molecule has 116 valence electrons. The maximum atomic E-state index is 12.3. The number of aromatic nitrogens is 4. The van der Waals surface area contributed by atoms with E-state index in [9.17, 15) is 4.79 Å². The largest absolute Gasteiger partial charge is 0.383 e. The van der Waals surface area contributed by atoms with Gasteiger partial charge in [0.25, 0.3) is 11.9 Å². The van der Waals surface area contributed by atoms with E-state index in [-0.39, 0.29) is 17.8 Å². The molecule has 1 amide bonds. The Hall–Kier alpha value is -2.44. The molecule has 0 aliphatic heterocycles. The normalized spacial score (nSPS) is 15.2. The van der Waals surface area contributed by atoms with Gasteiger partial charge in [-0.2, -0.15) is 9.78 Å². The summed E-state index contributed by atoms with van der Waals surface area (Å²) < 4.78 is 1.41. The van der Waals surface area contributed by atoms with Crippen molar-refractivity contribution >= 4 is 11.7 Å².